The van der Waals surface area contributed by atoms with Crippen molar-refractivity contribution in [2.24, 2.45) is 5.73 Å². The number of benzene rings is 1. The Morgan fingerprint density at radius 1 is 1.42 bits per heavy atom. The SMILES string of the molecule is CCC(N)C(O)(c1ccc2c(c1)CCO2)C(F)(F)F. The van der Waals surface area contributed by atoms with Gasteiger partial charge in [-0.1, -0.05) is 13.0 Å². The second-order valence-corrected chi connectivity index (χ2v) is 4.70. The van der Waals surface area contributed by atoms with Crippen molar-refractivity contribution in [3.05, 3.63) is 29.3 Å². The van der Waals surface area contributed by atoms with Crippen molar-refractivity contribution in [3.8, 4) is 5.75 Å². The van der Waals surface area contributed by atoms with Gasteiger partial charge in [-0.3, -0.25) is 0 Å². The molecule has 1 aromatic carbocycles. The van der Waals surface area contributed by atoms with Gasteiger partial charge < -0.3 is 15.6 Å². The van der Waals surface area contributed by atoms with Crippen molar-refractivity contribution in [2.75, 3.05) is 6.61 Å². The van der Waals surface area contributed by atoms with Crippen LogP contribution < -0.4 is 10.5 Å². The van der Waals surface area contributed by atoms with Crippen molar-refractivity contribution in [1.29, 1.82) is 0 Å². The van der Waals surface area contributed by atoms with Gasteiger partial charge in [-0.15, -0.1) is 0 Å². The molecule has 2 unspecified atom stereocenters. The van der Waals surface area contributed by atoms with Gasteiger partial charge in [-0.2, -0.15) is 13.2 Å². The Balaban J connectivity index is 2.50. The summed E-state index contributed by atoms with van der Waals surface area (Å²) >= 11 is 0. The maximum absolute atomic E-state index is 13.2. The van der Waals surface area contributed by atoms with Gasteiger partial charge >= 0.3 is 6.18 Å². The average Bonchev–Trinajstić information content (AvgIpc) is 2.82. The van der Waals surface area contributed by atoms with Gasteiger partial charge in [-0.25, -0.2) is 0 Å². The number of nitrogens with two attached hydrogens (primary N) is 1. The molecule has 106 valence electrons. The molecule has 2 atom stereocenters. The van der Waals surface area contributed by atoms with Gasteiger partial charge in [0.1, 0.15) is 5.75 Å². The minimum Gasteiger partial charge on any atom is -0.493 e. The number of hydrogen-bond donors (Lipinski definition) is 2. The highest BCUT2D eigenvalue weighted by atomic mass is 19.4. The van der Waals surface area contributed by atoms with E-state index >= 15 is 0 Å². The molecule has 3 nitrogen and oxygen atoms in total. The number of alkyl halides is 3. The van der Waals surface area contributed by atoms with Crippen LogP contribution in [0.5, 0.6) is 5.75 Å². The van der Waals surface area contributed by atoms with Crippen LogP contribution in [0.3, 0.4) is 0 Å². The molecule has 0 radical (unpaired) electrons. The van der Waals surface area contributed by atoms with Crippen molar-refractivity contribution >= 4 is 0 Å². The first-order valence-electron chi connectivity index (χ1n) is 6.11. The number of halogens is 3. The normalized spacial score (nSPS) is 19.5. The molecule has 0 saturated heterocycles. The summed E-state index contributed by atoms with van der Waals surface area (Å²) in [6, 6.07) is 2.61. The van der Waals surface area contributed by atoms with Gasteiger partial charge in [0.2, 0.25) is 5.60 Å². The molecule has 2 rings (SSSR count). The van der Waals surface area contributed by atoms with Gasteiger partial charge in [0.05, 0.1) is 6.61 Å². The standard InChI is InChI=1S/C13H16F3NO2/c1-2-11(17)12(18,13(14,15)16)9-3-4-10-8(7-9)5-6-19-10/h3-4,7,11,18H,2,5-6,17H2,1H3. The molecule has 0 aliphatic carbocycles. The molecule has 1 aliphatic rings. The summed E-state index contributed by atoms with van der Waals surface area (Å²) in [5.41, 5.74) is 2.93. The van der Waals surface area contributed by atoms with Crippen LogP contribution in [0.4, 0.5) is 13.2 Å². The van der Waals surface area contributed by atoms with Crippen LogP contribution in [-0.2, 0) is 12.0 Å². The van der Waals surface area contributed by atoms with Crippen molar-refractivity contribution in [2.45, 2.75) is 37.6 Å². The van der Waals surface area contributed by atoms with Gasteiger partial charge in [-0.05, 0) is 29.7 Å². The summed E-state index contributed by atoms with van der Waals surface area (Å²) in [6.45, 7) is 1.96. The molecule has 1 aromatic rings. The van der Waals surface area contributed by atoms with E-state index in [1.165, 1.54) is 25.1 Å². The summed E-state index contributed by atoms with van der Waals surface area (Å²) < 4.78 is 44.9. The van der Waals surface area contributed by atoms with Crippen LogP contribution >= 0.6 is 0 Å². The van der Waals surface area contributed by atoms with Crippen molar-refractivity contribution < 1.29 is 23.0 Å². The molecule has 3 N–H and O–H groups in total. The molecule has 0 bridgehead atoms. The fourth-order valence-electron chi connectivity index (χ4n) is 2.31. The Labute approximate surface area is 109 Å². The molecule has 0 saturated carbocycles. The number of rotatable bonds is 3. The first-order valence-corrected chi connectivity index (χ1v) is 6.11. The van der Waals surface area contributed by atoms with Crippen LogP contribution in [0, 0.1) is 0 Å². The second-order valence-electron chi connectivity index (χ2n) is 4.70. The highest BCUT2D eigenvalue weighted by Gasteiger charge is 2.58. The molecule has 0 spiro atoms. The van der Waals surface area contributed by atoms with Gasteiger partial charge in [0, 0.05) is 12.5 Å². The third-order valence-corrected chi connectivity index (χ3v) is 3.54. The van der Waals surface area contributed by atoms with E-state index in [0.717, 1.165) is 0 Å². The summed E-state index contributed by atoms with van der Waals surface area (Å²) in [5.74, 6) is 0.568. The number of fused-ring (bicyclic) bond motifs is 1. The molecule has 6 heteroatoms. The quantitative estimate of drug-likeness (QED) is 0.888. The lowest BCUT2D eigenvalue weighted by molar-refractivity contribution is -0.274. The van der Waals surface area contributed by atoms with E-state index in [2.05, 4.69) is 0 Å². The summed E-state index contributed by atoms with van der Waals surface area (Å²) in [5, 5.41) is 10.1. The number of hydrogen-bond acceptors (Lipinski definition) is 3. The monoisotopic (exact) mass is 275 g/mol. The minimum absolute atomic E-state index is 0.0175. The first-order chi connectivity index (χ1) is 8.80. The Morgan fingerprint density at radius 3 is 2.68 bits per heavy atom. The van der Waals surface area contributed by atoms with Crippen LogP contribution in [0.2, 0.25) is 0 Å². The number of aliphatic hydroxyl groups is 1. The van der Waals surface area contributed by atoms with Crippen LogP contribution in [0.1, 0.15) is 24.5 Å². The molecule has 1 aliphatic heterocycles. The van der Waals surface area contributed by atoms with Gasteiger partial charge in [0.15, 0.2) is 0 Å². The van der Waals surface area contributed by atoms with E-state index in [4.69, 9.17) is 10.5 Å². The lowest BCUT2D eigenvalue weighted by Crippen LogP contribution is -2.55. The maximum Gasteiger partial charge on any atom is 0.422 e. The van der Waals surface area contributed by atoms with Crippen LogP contribution in [0.15, 0.2) is 18.2 Å². The van der Waals surface area contributed by atoms with Crippen LogP contribution in [0.25, 0.3) is 0 Å². The minimum atomic E-state index is -4.82. The zero-order valence-electron chi connectivity index (χ0n) is 10.5. The Hall–Kier alpha value is -1.27. The fraction of sp³-hybridized carbons (Fsp3) is 0.538. The summed E-state index contributed by atoms with van der Waals surface area (Å²) in [7, 11) is 0. The van der Waals surface area contributed by atoms with E-state index in [1.54, 1.807) is 0 Å². The highest BCUT2D eigenvalue weighted by molar-refractivity contribution is 5.42. The molecule has 19 heavy (non-hydrogen) atoms. The highest BCUT2D eigenvalue weighted by Crippen LogP contribution is 2.43. The first kappa shape index (κ1) is 14.1. The largest absolute Gasteiger partial charge is 0.493 e. The van der Waals surface area contributed by atoms with Crippen LogP contribution in [-0.4, -0.2) is 23.9 Å². The van der Waals surface area contributed by atoms with Crippen molar-refractivity contribution in [1.82, 2.24) is 0 Å². The summed E-state index contributed by atoms with van der Waals surface area (Å²) in [4.78, 5) is 0. The molecule has 0 aromatic heterocycles. The zero-order valence-corrected chi connectivity index (χ0v) is 10.5. The predicted molar refractivity (Wildman–Crippen MR) is 63.9 cm³/mol. The Morgan fingerprint density at radius 2 is 2.11 bits per heavy atom. The zero-order chi connectivity index (χ0) is 14.3. The fourth-order valence-corrected chi connectivity index (χ4v) is 2.31. The maximum atomic E-state index is 13.2. The predicted octanol–water partition coefficient (Wildman–Crippen LogP) is 2.11. The molecular formula is C13H16F3NO2. The topological polar surface area (TPSA) is 55.5 Å². The van der Waals surface area contributed by atoms with Gasteiger partial charge in [0.25, 0.3) is 0 Å². The van der Waals surface area contributed by atoms with E-state index in [0.29, 0.717) is 24.3 Å². The van der Waals surface area contributed by atoms with E-state index in [-0.39, 0.29) is 12.0 Å². The molecule has 0 amide bonds. The van der Waals surface area contributed by atoms with E-state index < -0.39 is 17.8 Å². The molecular weight excluding hydrogens is 259 g/mol. The summed E-state index contributed by atoms with van der Waals surface area (Å²) in [6.07, 6.45) is -4.27. The second kappa shape index (κ2) is 4.68. The third-order valence-electron chi connectivity index (χ3n) is 3.54. The lowest BCUT2D eigenvalue weighted by atomic mass is 9.83. The third kappa shape index (κ3) is 2.19. The average molecular weight is 275 g/mol. The van der Waals surface area contributed by atoms with E-state index in [1.807, 2.05) is 0 Å². The molecule has 0 fully saturated rings. The smallest absolute Gasteiger partial charge is 0.422 e. The van der Waals surface area contributed by atoms with E-state index in [9.17, 15) is 18.3 Å². The number of ether oxygens (including phenoxy) is 1. The Bertz CT molecular complexity index is 475. The Kier molecular flexibility index (Phi) is 3.49. The molecule has 1 heterocycles. The lowest BCUT2D eigenvalue weighted by Gasteiger charge is -2.35. The van der Waals surface area contributed by atoms with Crippen molar-refractivity contribution in [3.63, 3.8) is 0 Å².